The number of halogens is 3. The minimum atomic E-state index is -4.80. The van der Waals surface area contributed by atoms with Gasteiger partial charge in [-0.2, -0.15) is 18.4 Å². The Balaban J connectivity index is 1.28. The van der Waals surface area contributed by atoms with Crippen LogP contribution in [0.2, 0.25) is 0 Å². The summed E-state index contributed by atoms with van der Waals surface area (Å²) in [7, 11) is 0. The molecule has 1 spiro atoms. The molecule has 1 amide bonds. The van der Waals surface area contributed by atoms with Crippen LogP contribution in [-0.4, -0.2) is 39.7 Å². The molecule has 0 radical (unpaired) electrons. The van der Waals surface area contributed by atoms with Crippen LogP contribution >= 0.6 is 12.2 Å². The van der Waals surface area contributed by atoms with E-state index in [4.69, 9.17) is 22.2 Å². The van der Waals surface area contributed by atoms with Gasteiger partial charge in [0.2, 0.25) is 0 Å². The zero-order chi connectivity index (χ0) is 25.9. The number of nitrogens with one attached hydrogen (secondary N) is 1. The number of hydrogen-bond acceptors (Lipinski definition) is 6. The number of carbonyl (C=O) groups is 1. The van der Waals surface area contributed by atoms with Crippen LogP contribution in [0.5, 0.6) is 5.75 Å². The van der Waals surface area contributed by atoms with Gasteiger partial charge in [0, 0.05) is 17.8 Å². The number of nitriles is 1. The minimum Gasteiger partial charge on any atom is -0.490 e. The van der Waals surface area contributed by atoms with Crippen LogP contribution in [0.15, 0.2) is 36.5 Å². The summed E-state index contributed by atoms with van der Waals surface area (Å²) in [5.41, 5.74) is -2.31. The van der Waals surface area contributed by atoms with Gasteiger partial charge in [-0.05, 0) is 87.5 Å². The number of piperidine rings is 1. The Labute approximate surface area is 217 Å². The molecule has 37 heavy (non-hydrogen) atoms. The highest BCUT2D eigenvalue weighted by molar-refractivity contribution is 7.81. The van der Waals surface area contributed by atoms with Crippen LogP contribution in [0, 0.1) is 11.3 Å². The van der Waals surface area contributed by atoms with E-state index in [9.17, 15) is 18.0 Å². The molecular weight excluding hydrogens is 503 g/mol. The van der Waals surface area contributed by atoms with E-state index >= 15 is 0 Å². The number of ether oxygens (including phenoxy) is 1. The fourth-order valence-electron chi connectivity index (χ4n) is 6.06. The first kappa shape index (κ1) is 24.1. The maximum atomic E-state index is 13.6. The molecular formula is C26H24F3N5O2S. The third kappa shape index (κ3) is 3.94. The predicted molar refractivity (Wildman–Crippen MR) is 133 cm³/mol. The topological polar surface area (TPSA) is 81.5 Å². The molecule has 4 fully saturated rings. The summed E-state index contributed by atoms with van der Waals surface area (Å²) >= 11 is 5.67. The predicted octanol–water partition coefficient (Wildman–Crippen LogP) is 4.69. The lowest BCUT2D eigenvalue weighted by atomic mass is 9.75. The average molecular weight is 528 g/mol. The molecule has 192 valence electrons. The molecule has 11 heteroatoms. The highest BCUT2D eigenvalue weighted by Crippen LogP contribution is 2.48. The van der Waals surface area contributed by atoms with Gasteiger partial charge in [0.05, 0.1) is 17.4 Å². The molecule has 1 aromatic heterocycles. The van der Waals surface area contributed by atoms with Crippen molar-refractivity contribution in [3.05, 3.63) is 47.8 Å². The number of anilines is 2. The Morgan fingerprint density at radius 2 is 1.81 bits per heavy atom. The standard InChI is InChI=1S/C26H24F3N5O2S/c27-26(28,29)21-12-18(14-31-22(21)13-30)33-23(35)25(8-1-9-25)34(24(33)37)17-4-6-19(7-5-17)36-20-10-15-2-3-16(11-20)32-15/h4-7,12,14-16,20,32H,1-3,8-11H2. The number of aromatic nitrogens is 1. The molecule has 2 bridgehead atoms. The number of alkyl halides is 3. The lowest BCUT2D eigenvalue weighted by Gasteiger charge is -2.43. The molecule has 4 aliphatic rings. The summed E-state index contributed by atoms with van der Waals surface area (Å²) in [6.45, 7) is 0. The van der Waals surface area contributed by atoms with E-state index in [0.717, 1.165) is 42.2 Å². The SMILES string of the molecule is N#Cc1ncc(N2C(=O)C3(CCC3)N(c3ccc(OC4CC5CCC(C4)N5)cc3)C2=S)cc1C(F)(F)F. The molecule has 1 aromatic carbocycles. The van der Waals surface area contributed by atoms with E-state index in [1.807, 2.05) is 24.3 Å². The van der Waals surface area contributed by atoms with Crippen molar-refractivity contribution in [2.24, 2.45) is 0 Å². The van der Waals surface area contributed by atoms with Crippen LogP contribution < -0.4 is 19.9 Å². The van der Waals surface area contributed by atoms with E-state index in [1.54, 1.807) is 4.90 Å². The number of pyridine rings is 1. The zero-order valence-electron chi connectivity index (χ0n) is 19.8. The van der Waals surface area contributed by atoms with Crippen LogP contribution in [0.3, 0.4) is 0 Å². The highest BCUT2D eigenvalue weighted by atomic mass is 32.1. The number of thiocarbonyl (C=S) groups is 1. The van der Waals surface area contributed by atoms with Gasteiger partial charge in [-0.1, -0.05) is 0 Å². The number of benzene rings is 1. The number of carbonyl (C=O) groups excluding carboxylic acids is 1. The molecule has 1 aliphatic carbocycles. The molecule has 4 heterocycles. The van der Waals surface area contributed by atoms with Crippen molar-refractivity contribution >= 4 is 34.6 Å². The molecule has 6 rings (SSSR count). The zero-order valence-corrected chi connectivity index (χ0v) is 20.6. The van der Waals surface area contributed by atoms with Crippen LogP contribution in [0.1, 0.15) is 56.2 Å². The number of amides is 1. The second-order valence-electron chi connectivity index (χ2n) is 10.2. The number of fused-ring (bicyclic) bond motifs is 2. The van der Waals surface area contributed by atoms with E-state index in [2.05, 4.69) is 10.3 Å². The molecule has 2 atom stereocenters. The van der Waals surface area contributed by atoms with Gasteiger partial charge in [0.25, 0.3) is 5.91 Å². The summed E-state index contributed by atoms with van der Waals surface area (Å²) in [6, 6.07) is 10.6. The normalized spacial score (nSPS) is 26.4. The van der Waals surface area contributed by atoms with Crippen molar-refractivity contribution < 1.29 is 22.7 Å². The molecule has 3 saturated heterocycles. The average Bonchev–Trinajstić information content (AvgIpc) is 3.30. The van der Waals surface area contributed by atoms with Gasteiger partial charge in [-0.25, -0.2) is 4.98 Å². The number of nitrogens with zero attached hydrogens (tertiary/aromatic N) is 4. The largest absolute Gasteiger partial charge is 0.490 e. The first-order valence-electron chi connectivity index (χ1n) is 12.4. The van der Waals surface area contributed by atoms with E-state index < -0.39 is 23.0 Å². The third-order valence-corrected chi connectivity index (χ3v) is 8.33. The van der Waals surface area contributed by atoms with Gasteiger partial charge in [-0.3, -0.25) is 9.69 Å². The van der Waals surface area contributed by atoms with Crippen molar-refractivity contribution in [2.45, 2.75) is 74.8 Å². The summed E-state index contributed by atoms with van der Waals surface area (Å²) < 4.78 is 46.9. The lowest BCUT2D eigenvalue weighted by molar-refractivity contribution is -0.138. The highest BCUT2D eigenvalue weighted by Gasteiger charge is 2.59. The fourth-order valence-corrected chi connectivity index (χ4v) is 6.53. The molecule has 1 saturated carbocycles. The smallest absolute Gasteiger partial charge is 0.419 e. The van der Waals surface area contributed by atoms with Crippen molar-refractivity contribution in [3.8, 4) is 11.8 Å². The lowest BCUT2D eigenvalue weighted by Crippen LogP contribution is -2.55. The first-order chi connectivity index (χ1) is 17.7. The van der Waals surface area contributed by atoms with Crippen LogP contribution in [-0.2, 0) is 11.0 Å². The van der Waals surface area contributed by atoms with Crippen molar-refractivity contribution in [1.82, 2.24) is 10.3 Å². The maximum absolute atomic E-state index is 13.6. The summed E-state index contributed by atoms with van der Waals surface area (Å²) in [4.78, 5) is 20.1. The van der Waals surface area contributed by atoms with Crippen molar-refractivity contribution in [1.29, 1.82) is 5.26 Å². The van der Waals surface area contributed by atoms with Crippen molar-refractivity contribution in [3.63, 3.8) is 0 Å². The van der Waals surface area contributed by atoms with Gasteiger partial charge in [0.1, 0.15) is 23.5 Å². The summed E-state index contributed by atoms with van der Waals surface area (Å²) in [5, 5.41) is 12.8. The molecule has 3 aliphatic heterocycles. The maximum Gasteiger partial charge on any atom is 0.419 e. The third-order valence-electron chi connectivity index (χ3n) is 7.96. The second-order valence-corrected chi connectivity index (χ2v) is 10.6. The summed E-state index contributed by atoms with van der Waals surface area (Å²) in [6.07, 6.45) is 2.63. The van der Waals surface area contributed by atoms with Crippen LogP contribution in [0.25, 0.3) is 0 Å². The number of hydrogen-bond donors (Lipinski definition) is 1. The van der Waals surface area contributed by atoms with Gasteiger partial charge < -0.3 is 15.0 Å². The Bertz CT molecular complexity index is 1290. The minimum absolute atomic E-state index is 0.0907. The van der Waals surface area contributed by atoms with Gasteiger partial charge in [-0.15, -0.1) is 0 Å². The molecule has 1 N–H and O–H groups in total. The fraction of sp³-hybridized carbons (Fsp3) is 0.462. The Morgan fingerprint density at radius 3 is 2.38 bits per heavy atom. The number of rotatable bonds is 4. The molecule has 2 unspecified atom stereocenters. The Kier molecular flexibility index (Phi) is 5.65. The molecule has 7 nitrogen and oxygen atoms in total. The molecule has 2 aromatic rings. The first-order valence-corrected chi connectivity index (χ1v) is 12.8. The van der Waals surface area contributed by atoms with Gasteiger partial charge in [0.15, 0.2) is 10.8 Å². The van der Waals surface area contributed by atoms with E-state index in [0.29, 0.717) is 30.6 Å². The quantitative estimate of drug-likeness (QED) is 0.578. The second kappa shape index (κ2) is 8.67. The Morgan fingerprint density at radius 1 is 1.14 bits per heavy atom. The van der Waals surface area contributed by atoms with E-state index in [1.165, 1.54) is 18.9 Å². The Hall–Kier alpha value is -3.23. The summed E-state index contributed by atoms with van der Waals surface area (Å²) in [5.74, 6) is 0.353. The van der Waals surface area contributed by atoms with Crippen molar-refractivity contribution in [2.75, 3.05) is 9.80 Å². The monoisotopic (exact) mass is 527 g/mol. The van der Waals surface area contributed by atoms with Crippen LogP contribution in [0.4, 0.5) is 24.5 Å². The van der Waals surface area contributed by atoms with E-state index in [-0.39, 0.29) is 22.8 Å². The van der Waals surface area contributed by atoms with Gasteiger partial charge >= 0.3 is 6.18 Å².